The summed E-state index contributed by atoms with van der Waals surface area (Å²) in [6.07, 6.45) is 1.21. The van der Waals surface area contributed by atoms with Crippen LogP contribution in [0.15, 0.2) is 58.3 Å². The molecule has 0 aromatic heterocycles. The van der Waals surface area contributed by atoms with Crippen molar-refractivity contribution < 1.29 is 0 Å². The molecule has 3 nitrogen and oxygen atoms in total. The monoisotopic (exact) mass is 353 g/mol. The molecule has 0 amide bonds. The first-order valence-corrected chi connectivity index (χ1v) is 10.2. The number of para-hydroxylation sites is 2. The van der Waals surface area contributed by atoms with Gasteiger partial charge in [-0.3, -0.25) is 0 Å². The molecule has 0 unspecified atom stereocenters. The molecule has 25 heavy (non-hydrogen) atoms. The first kappa shape index (κ1) is 17.0. The smallest absolute Gasteiger partial charge is 0.0552 e. The van der Waals surface area contributed by atoms with Gasteiger partial charge in [-0.25, -0.2) is 0 Å². The molecule has 0 saturated carbocycles. The van der Waals surface area contributed by atoms with Crippen molar-refractivity contribution in [2.75, 3.05) is 50.7 Å². The summed E-state index contributed by atoms with van der Waals surface area (Å²) in [6, 6.07) is 17.6. The van der Waals surface area contributed by atoms with E-state index in [0.717, 1.165) is 6.54 Å². The van der Waals surface area contributed by atoms with Gasteiger partial charge in [0.15, 0.2) is 0 Å². The van der Waals surface area contributed by atoms with Crippen LogP contribution in [-0.4, -0.2) is 55.6 Å². The Balaban J connectivity index is 1.42. The standard InChI is InChI=1S/C21H27N3S/c1-2-22-14-16-23(17-15-22)12-7-13-24-18-8-3-5-10-20(18)25-21-11-6-4-9-19(21)24/h3-6,8-11H,2,7,12-17H2,1H3. The number of rotatable bonds is 5. The van der Waals surface area contributed by atoms with E-state index in [4.69, 9.17) is 0 Å². The van der Waals surface area contributed by atoms with Crippen molar-refractivity contribution in [3.63, 3.8) is 0 Å². The second-order valence-electron chi connectivity index (χ2n) is 6.82. The number of nitrogens with zero attached hydrogens (tertiary/aromatic N) is 3. The molecule has 0 atom stereocenters. The molecule has 2 aromatic carbocycles. The molecule has 0 N–H and O–H groups in total. The van der Waals surface area contributed by atoms with Gasteiger partial charge in [0.2, 0.25) is 0 Å². The number of hydrogen-bond donors (Lipinski definition) is 0. The van der Waals surface area contributed by atoms with Crippen LogP contribution in [0.4, 0.5) is 11.4 Å². The highest BCUT2D eigenvalue weighted by molar-refractivity contribution is 7.99. The van der Waals surface area contributed by atoms with Gasteiger partial charge in [-0.1, -0.05) is 43.0 Å². The highest BCUT2D eigenvalue weighted by Crippen LogP contribution is 2.47. The minimum absolute atomic E-state index is 1.09. The van der Waals surface area contributed by atoms with Crippen molar-refractivity contribution in [3.05, 3.63) is 48.5 Å². The van der Waals surface area contributed by atoms with Crippen LogP contribution < -0.4 is 4.90 Å². The predicted molar refractivity (Wildman–Crippen MR) is 107 cm³/mol. The molecular formula is C21H27N3S. The van der Waals surface area contributed by atoms with Gasteiger partial charge < -0.3 is 14.7 Å². The summed E-state index contributed by atoms with van der Waals surface area (Å²) in [4.78, 5) is 10.4. The average Bonchev–Trinajstić information content (AvgIpc) is 2.68. The lowest BCUT2D eigenvalue weighted by Gasteiger charge is -2.36. The van der Waals surface area contributed by atoms with E-state index in [1.54, 1.807) is 0 Å². The van der Waals surface area contributed by atoms with E-state index in [1.165, 1.54) is 66.9 Å². The molecule has 1 fully saturated rings. The molecule has 2 aromatic rings. The lowest BCUT2D eigenvalue weighted by atomic mass is 10.2. The summed E-state index contributed by atoms with van der Waals surface area (Å²) in [5.41, 5.74) is 2.73. The SMILES string of the molecule is CCN1CCN(CCCN2c3ccccc3Sc3ccccc32)CC1. The maximum Gasteiger partial charge on any atom is 0.0552 e. The third-order valence-electron chi connectivity index (χ3n) is 5.30. The quantitative estimate of drug-likeness (QED) is 0.792. The molecule has 4 rings (SSSR count). The number of benzene rings is 2. The number of hydrogen-bond acceptors (Lipinski definition) is 4. The maximum atomic E-state index is 2.63. The van der Waals surface area contributed by atoms with Crippen LogP contribution in [0.3, 0.4) is 0 Å². The fourth-order valence-corrected chi connectivity index (χ4v) is 4.90. The Hall–Kier alpha value is -1.49. The molecule has 0 spiro atoms. The van der Waals surface area contributed by atoms with Crippen LogP contribution in [-0.2, 0) is 0 Å². The Morgan fingerprint density at radius 3 is 1.92 bits per heavy atom. The molecular weight excluding hydrogens is 326 g/mol. The summed E-state index contributed by atoms with van der Waals surface area (Å²) >= 11 is 1.89. The van der Waals surface area contributed by atoms with Crippen molar-refractivity contribution in [3.8, 4) is 0 Å². The van der Waals surface area contributed by atoms with Crippen LogP contribution in [0.1, 0.15) is 13.3 Å². The number of fused-ring (bicyclic) bond motifs is 2. The Labute approximate surface area is 155 Å². The summed E-state index contributed by atoms with van der Waals surface area (Å²) in [6.45, 7) is 10.6. The average molecular weight is 354 g/mol. The number of anilines is 2. The van der Waals surface area contributed by atoms with Crippen molar-refractivity contribution >= 4 is 23.1 Å². The normalized spacial score (nSPS) is 18.0. The van der Waals surface area contributed by atoms with Gasteiger partial charge in [0, 0.05) is 42.5 Å². The lowest BCUT2D eigenvalue weighted by molar-refractivity contribution is 0.137. The van der Waals surface area contributed by atoms with Crippen LogP contribution in [0.25, 0.3) is 0 Å². The second kappa shape index (κ2) is 7.81. The zero-order valence-corrected chi connectivity index (χ0v) is 15.8. The van der Waals surface area contributed by atoms with E-state index in [0.29, 0.717) is 0 Å². The molecule has 132 valence electrons. The lowest BCUT2D eigenvalue weighted by Crippen LogP contribution is -2.46. The molecule has 0 radical (unpaired) electrons. The zero-order valence-electron chi connectivity index (χ0n) is 15.0. The number of piperazine rings is 1. The molecule has 0 aliphatic carbocycles. The van der Waals surface area contributed by atoms with E-state index in [2.05, 4.69) is 70.2 Å². The third-order valence-corrected chi connectivity index (χ3v) is 6.43. The number of likely N-dealkylation sites (N-methyl/N-ethyl adjacent to an activating group) is 1. The molecule has 2 aliphatic rings. The van der Waals surface area contributed by atoms with Gasteiger partial charge in [-0.15, -0.1) is 0 Å². The molecule has 1 saturated heterocycles. The Kier molecular flexibility index (Phi) is 5.30. The van der Waals surface area contributed by atoms with Crippen molar-refractivity contribution in [1.82, 2.24) is 9.80 Å². The molecule has 0 bridgehead atoms. The Bertz CT molecular complexity index is 664. The van der Waals surface area contributed by atoms with Crippen molar-refractivity contribution in [1.29, 1.82) is 0 Å². The predicted octanol–water partition coefficient (Wildman–Crippen LogP) is 4.32. The highest BCUT2D eigenvalue weighted by atomic mass is 32.2. The highest BCUT2D eigenvalue weighted by Gasteiger charge is 2.23. The maximum absolute atomic E-state index is 2.63. The minimum Gasteiger partial charge on any atom is -0.340 e. The van der Waals surface area contributed by atoms with Gasteiger partial charge in [0.1, 0.15) is 0 Å². The van der Waals surface area contributed by atoms with E-state index in [9.17, 15) is 0 Å². The summed E-state index contributed by atoms with van der Waals surface area (Å²) < 4.78 is 0. The van der Waals surface area contributed by atoms with Gasteiger partial charge >= 0.3 is 0 Å². The van der Waals surface area contributed by atoms with Crippen LogP contribution >= 0.6 is 11.8 Å². The van der Waals surface area contributed by atoms with Gasteiger partial charge in [0.25, 0.3) is 0 Å². The van der Waals surface area contributed by atoms with Gasteiger partial charge in [0.05, 0.1) is 11.4 Å². The van der Waals surface area contributed by atoms with Crippen LogP contribution in [0, 0.1) is 0 Å². The van der Waals surface area contributed by atoms with Crippen LogP contribution in [0.2, 0.25) is 0 Å². The summed E-state index contributed by atoms with van der Waals surface area (Å²) in [5.74, 6) is 0. The molecule has 2 heterocycles. The fourth-order valence-electron chi connectivity index (χ4n) is 3.80. The van der Waals surface area contributed by atoms with E-state index < -0.39 is 0 Å². The van der Waals surface area contributed by atoms with Gasteiger partial charge in [-0.2, -0.15) is 0 Å². The molecule has 2 aliphatic heterocycles. The first-order chi connectivity index (χ1) is 12.3. The van der Waals surface area contributed by atoms with Crippen molar-refractivity contribution in [2.24, 2.45) is 0 Å². The minimum atomic E-state index is 1.09. The topological polar surface area (TPSA) is 9.72 Å². The first-order valence-electron chi connectivity index (χ1n) is 9.43. The van der Waals surface area contributed by atoms with E-state index in [1.807, 2.05) is 11.8 Å². The largest absolute Gasteiger partial charge is 0.340 e. The van der Waals surface area contributed by atoms with Gasteiger partial charge in [-0.05, 0) is 43.8 Å². The fraction of sp³-hybridized carbons (Fsp3) is 0.429. The molecule has 4 heteroatoms. The van der Waals surface area contributed by atoms with E-state index in [-0.39, 0.29) is 0 Å². The summed E-state index contributed by atoms with van der Waals surface area (Å²) in [7, 11) is 0. The van der Waals surface area contributed by atoms with E-state index >= 15 is 0 Å². The Morgan fingerprint density at radius 2 is 1.32 bits per heavy atom. The third kappa shape index (κ3) is 3.71. The van der Waals surface area contributed by atoms with Crippen molar-refractivity contribution in [2.45, 2.75) is 23.1 Å². The summed E-state index contributed by atoms with van der Waals surface area (Å²) in [5, 5.41) is 0. The second-order valence-corrected chi connectivity index (χ2v) is 7.90. The zero-order chi connectivity index (χ0) is 17.1. The van der Waals surface area contributed by atoms with Crippen LogP contribution in [0.5, 0.6) is 0 Å². The Morgan fingerprint density at radius 1 is 0.760 bits per heavy atom.